The second kappa shape index (κ2) is 6.27. The van der Waals surface area contributed by atoms with Gasteiger partial charge in [-0.15, -0.1) is 0 Å². The van der Waals surface area contributed by atoms with E-state index in [9.17, 15) is 4.79 Å². The Morgan fingerprint density at radius 3 is 1.62 bits per heavy atom. The molecule has 2 aromatic rings. The first-order chi connectivity index (χ1) is 10.3. The van der Waals surface area contributed by atoms with Gasteiger partial charge in [0.1, 0.15) is 0 Å². The number of nitrogens with zero attached hydrogens (tertiary/aromatic N) is 2. The molecular formula is C18H16N2O. The molecule has 0 unspecified atom stereocenters. The summed E-state index contributed by atoms with van der Waals surface area (Å²) in [6.07, 6.45) is 13.6. The maximum Gasteiger partial charge on any atom is 0.185 e. The lowest BCUT2D eigenvalue weighted by atomic mass is 9.87. The van der Waals surface area contributed by atoms with Crippen molar-refractivity contribution in [2.24, 2.45) is 0 Å². The van der Waals surface area contributed by atoms with Gasteiger partial charge < -0.3 is 0 Å². The Morgan fingerprint density at radius 1 is 0.762 bits per heavy atom. The number of rotatable bonds is 2. The minimum atomic E-state index is 0.162. The number of carbonyl (C=O) groups excluding carboxylic acids is 1. The number of pyridine rings is 2. The van der Waals surface area contributed by atoms with E-state index in [4.69, 9.17) is 0 Å². The van der Waals surface area contributed by atoms with Crippen molar-refractivity contribution in [2.45, 2.75) is 19.3 Å². The highest BCUT2D eigenvalue weighted by atomic mass is 16.1. The summed E-state index contributed by atoms with van der Waals surface area (Å²) < 4.78 is 0. The Morgan fingerprint density at radius 2 is 1.19 bits per heavy atom. The molecule has 0 saturated heterocycles. The van der Waals surface area contributed by atoms with Gasteiger partial charge in [0.25, 0.3) is 0 Å². The van der Waals surface area contributed by atoms with E-state index in [0.717, 1.165) is 41.5 Å². The molecule has 0 aliphatic heterocycles. The Labute approximate surface area is 124 Å². The standard InChI is InChI=1S/C18H16N2O/c21-18-16(12-14-4-8-19-9-5-14)2-1-3-17(18)13-15-6-10-20-11-7-15/h4-13H,1-3H2/b16-12+,17-13?. The highest BCUT2D eigenvalue weighted by molar-refractivity contribution is 6.13. The van der Waals surface area contributed by atoms with Crippen LogP contribution >= 0.6 is 0 Å². The molecule has 1 aliphatic carbocycles. The number of carbonyl (C=O) groups is 1. The molecule has 0 radical (unpaired) electrons. The monoisotopic (exact) mass is 276 g/mol. The summed E-state index contributed by atoms with van der Waals surface area (Å²) in [6.45, 7) is 0. The zero-order valence-corrected chi connectivity index (χ0v) is 11.7. The minimum Gasteiger partial charge on any atom is -0.289 e. The first-order valence-electron chi connectivity index (χ1n) is 7.09. The Balaban J connectivity index is 1.88. The van der Waals surface area contributed by atoms with Gasteiger partial charge in [-0.1, -0.05) is 0 Å². The van der Waals surface area contributed by atoms with Gasteiger partial charge in [-0.05, 0) is 66.8 Å². The van der Waals surface area contributed by atoms with Gasteiger partial charge in [-0.2, -0.15) is 0 Å². The van der Waals surface area contributed by atoms with E-state index in [1.54, 1.807) is 24.8 Å². The average Bonchev–Trinajstić information content (AvgIpc) is 2.53. The Bertz CT molecular complexity index is 628. The second-order valence-electron chi connectivity index (χ2n) is 5.08. The molecule has 1 aliphatic rings. The lowest BCUT2D eigenvalue weighted by Gasteiger charge is -2.16. The summed E-state index contributed by atoms with van der Waals surface area (Å²) >= 11 is 0. The van der Waals surface area contributed by atoms with E-state index < -0.39 is 0 Å². The molecule has 1 saturated carbocycles. The molecular weight excluding hydrogens is 260 g/mol. The lowest BCUT2D eigenvalue weighted by Crippen LogP contribution is -2.12. The van der Waals surface area contributed by atoms with Crippen LogP contribution in [-0.4, -0.2) is 15.8 Å². The van der Waals surface area contributed by atoms with E-state index in [1.165, 1.54) is 0 Å². The molecule has 0 atom stereocenters. The third kappa shape index (κ3) is 3.31. The molecule has 1 fully saturated rings. The second-order valence-corrected chi connectivity index (χ2v) is 5.08. The third-order valence-corrected chi connectivity index (χ3v) is 3.57. The molecule has 104 valence electrons. The molecule has 0 aromatic carbocycles. The SMILES string of the molecule is O=C1C(=Cc2ccncc2)CCC/C1=C\c1ccncc1. The predicted molar refractivity (Wildman–Crippen MR) is 83.3 cm³/mol. The van der Waals surface area contributed by atoms with Crippen LogP contribution in [0.4, 0.5) is 0 Å². The normalized spacial score (nSPS) is 19.1. The quantitative estimate of drug-likeness (QED) is 0.785. The molecule has 0 amide bonds. The third-order valence-electron chi connectivity index (χ3n) is 3.57. The summed E-state index contributed by atoms with van der Waals surface area (Å²) in [6, 6.07) is 7.67. The number of hydrogen-bond donors (Lipinski definition) is 0. The van der Waals surface area contributed by atoms with Crippen LogP contribution in [0, 0.1) is 0 Å². The first-order valence-corrected chi connectivity index (χ1v) is 7.09. The van der Waals surface area contributed by atoms with Crippen molar-refractivity contribution in [2.75, 3.05) is 0 Å². The minimum absolute atomic E-state index is 0.162. The molecule has 0 N–H and O–H groups in total. The van der Waals surface area contributed by atoms with Crippen LogP contribution in [0.25, 0.3) is 12.2 Å². The summed E-state index contributed by atoms with van der Waals surface area (Å²) in [7, 11) is 0. The molecule has 3 nitrogen and oxygen atoms in total. The van der Waals surface area contributed by atoms with Gasteiger partial charge in [0.05, 0.1) is 0 Å². The number of aromatic nitrogens is 2. The fourth-order valence-corrected chi connectivity index (χ4v) is 2.50. The van der Waals surface area contributed by atoms with Crippen LogP contribution in [0.15, 0.2) is 60.2 Å². The number of allylic oxidation sites excluding steroid dienone is 2. The number of hydrogen-bond acceptors (Lipinski definition) is 3. The van der Waals surface area contributed by atoms with Gasteiger partial charge in [0.15, 0.2) is 5.78 Å². The molecule has 21 heavy (non-hydrogen) atoms. The van der Waals surface area contributed by atoms with Gasteiger partial charge in [-0.25, -0.2) is 0 Å². The Hall–Kier alpha value is -2.55. The van der Waals surface area contributed by atoms with Gasteiger partial charge in [0.2, 0.25) is 0 Å². The molecule has 0 bridgehead atoms. The van der Waals surface area contributed by atoms with Gasteiger partial charge >= 0.3 is 0 Å². The highest BCUT2D eigenvalue weighted by Gasteiger charge is 2.20. The first kappa shape index (κ1) is 13.4. The molecule has 2 heterocycles. The number of Topliss-reactive ketones (excluding diaryl/α,β-unsaturated/α-hetero) is 1. The largest absolute Gasteiger partial charge is 0.289 e. The van der Waals surface area contributed by atoms with Crippen LogP contribution < -0.4 is 0 Å². The number of ketones is 1. The van der Waals surface area contributed by atoms with Crippen LogP contribution in [0.1, 0.15) is 30.4 Å². The average molecular weight is 276 g/mol. The van der Waals surface area contributed by atoms with Crippen molar-refractivity contribution in [1.82, 2.24) is 9.97 Å². The van der Waals surface area contributed by atoms with Crippen molar-refractivity contribution in [3.05, 3.63) is 71.3 Å². The zero-order chi connectivity index (χ0) is 14.5. The topological polar surface area (TPSA) is 42.9 Å². The van der Waals surface area contributed by atoms with E-state index in [-0.39, 0.29) is 5.78 Å². The van der Waals surface area contributed by atoms with Crippen molar-refractivity contribution in [3.8, 4) is 0 Å². The summed E-state index contributed by atoms with van der Waals surface area (Å²) in [5, 5.41) is 0. The van der Waals surface area contributed by atoms with Crippen LogP contribution in [0.2, 0.25) is 0 Å². The van der Waals surface area contributed by atoms with Gasteiger partial charge in [0, 0.05) is 35.9 Å². The fourth-order valence-electron chi connectivity index (χ4n) is 2.50. The van der Waals surface area contributed by atoms with Gasteiger partial charge in [-0.3, -0.25) is 14.8 Å². The molecule has 0 spiro atoms. The van der Waals surface area contributed by atoms with Crippen molar-refractivity contribution < 1.29 is 4.79 Å². The van der Waals surface area contributed by atoms with Crippen molar-refractivity contribution >= 4 is 17.9 Å². The lowest BCUT2D eigenvalue weighted by molar-refractivity contribution is -0.112. The van der Waals surface area contributed by atoms with Crippen LogP contribution in [-0.2, 0) is 4.79 Å². The van der Waals surface area contributed by atoms with Crippen molar-refractivity contribution in [1.29, 1.82) is 0 Å². The van der Waals surface area contributed by atoms with Crippen LogP contribution in [0.5, 0.6) is 0 Å². The maximum absolute atomic E-state index is 12.6. The van der Waals surface area contributed by atoms with E-state index in [1.807, 2.05) is 36.4 Å². The smallest absolute Gasteiger partial charge is 0.185 e. The van der Waals surface area contributed by atoms with E-state index >= 15 is 0 Å². The zero-order valence-electron chi connectivity index (χ0n) is 11.7. The molecule has 3 heteroatoms. The van der Waals surface area contributed by atoms with Crippen molar-refractivity contribution in [3.63, 3.8) is 0 Å². The predicted octanol–water partition coefficient (Wildman–Crippen LogP) is 3.70. The molecule has 3 rings (SSSR count). The highest BCUT2D eigenvalue weighted by Crippen LogP contribution is 2.27. The summed E-state index contributed by atoms with van der Waals surface area (Å²) in [5.41, 5.74) is 3.82. The molecule has 2 aromatic heterocycles. The summed E-state index contributed by atoms with van der Waals surface area (Å²) in [5.74, 6) is 0.162. The maximum atomic E-state index is 12.6. The summed E-state index contributed by atoms with van der Waals surface area (Å²) in [4.78, 5) is 20.6. The Kier molecular flexibility index (Phi) is 4.01. The van der Waals surface area contributed by atoms with E-state index in [0.29, 0.717) is 0 Å². The fraction of sp³-hybridized carbons (Fsp3) is 0.167. The van der Waals surface area contributed by atoms with E-state index in [2.05, 4.69) is 9.97 Å². The van der Waals surface area contributed by atoms with Crippen LogP contribution in [0.3, 0.4) is 0 Å².